The molecule has 0 saturated carbocycles. The molecular formula is C29H29N5O3. The monoisotopic (exact) mass is 495 g/mol. The molecule has 2 N–H and O–H groups in total. The molecule has 0 unspecified atom stereocenters. The minimum absolute atomic E-state index is 0.0664. The predicted octanol–water partition coefficient (Wildman–Crippen LogP) is 4.12. The van der Waals surface area contributed by atoms with Gasteiger partial charge in [-0.1, -0.05) is 42.5 Å². The molecule has 8 nitrogen and oxygen atoms in total. The van der Waals surface area contributed by atoms with Crippen molar-refractivity contribution in [1.82, 2.24) is 14.7 Å². The highest BCUT2D eigenvalue weighted by atomic mass is 16.5. The van der Waals surface area contributed by atoms with Crippen LogP contribution in [0.15, 0.2) is 91.3 Å². The van der Waals surface area contributed by atoms with Crippen LogP contribution in [0, 0.1) is 0 Å². The van der Waals surface area contributed by atoms with E-state index in [-0.39, 0.29) is 11.8 Å². The van der Waals surface area contributed by atoms with Gasteiger partial charge in [-0.2, -0.15) is 5.10 Å². The summed E-state index contributed by atoms with van der Waals surface area (Å²) in [4.78, 5) is 27.6. The first-order chi connectivity index (χ1) is 18.1. The van der Waals surface area contributed by atoms with Crippen LogP contribution in [0.3, 0.4) is 0 Å². The Labute approximate surface area is 215 Å². The third-order valence-electron chi connectivity index (χ3n) is 6.24. The summed E-state index contributed by atoms with van der Waals surface area (Å²) in [6.07, 6.45) is 3.69. The number of morpholine rings is 1. The van der Waals surface area contributed by atoms with Gasteiger partial charge in [0.25, 0.3) is 5.91 Å². The normalized spacial score (nSPS) is 13.7. The van der Waals surface area contributed by atoms with Gasteiger partial charge in [0.05, 0.1) is 26.3 Å². The van der Waals surface area contributed by atoms with Crippen molar-refractivity contribution in [3.8, 4) is 11.1 Å². The van der Waals surface area contributed by atoms with Crippen molar-refractivity contribution in [2.45, 2.75) is 6.54 Å². The van der Waals surface area contributed by atoms with Gasteiger partial charge in [-0.05, 0) is 53.1 Å². The lowest BCUT2D eigenvalue weighted by Crippen LogP contribution is -2.41. The van der Waals surface area contributed by atoms with Crippen molar-refractivity contribution < 1.29 is 14.3 Å². The first-order valence-corrected chi connectivity index (χ1v) is 12.3. The summed E-state index contributed by atoms with van der Waals surface area (Å²) in [6, 6.07) is 24.8. The van der Waals surface area contributed by atoms with Crippen LogP contribution in [0.4, 0.5) is 11.4 Å². The van der Waals surface area contributed by atoms with E-state index in [0.717, 1.165) is 29.8 Å². The van der Waals surface area contributed by atoms with E-state index < -0.39 is 0 Å². The fourth-order valence-electron chi connectivity index (χ4n) is 4.30. The zero-order chi connectivity index (χ0) is 25.5. The zero-order valence-corrected chi connectivity index (χ0v) is 20.5. The predicted molar refractivity (Wildman–Crippen MR) is 143 cm³/mol. The van der Waals surface area contributed by atoms with Gasteiger partial charge in [-0.25, -0.2) is 0 Å². The van der Waals surface area contributed by atoms with Gasteiger partial charge in [-0.3, -0.25) is 19.2 Å². The Bertz CT molecular complexity index is 1330. The van der Waals surface area contributed by atoms with Crippen LogP contribution in [0.2, 0.25) is 0 Å². The molecule has 3 aromatic carbocycles. The number of rotatable bonds is 8. The van der Waals surface area contributed by atoms with Crippen molar-refractivity contribution in [2.75, 3.05) is 43.5 Å². The van der Waals surface area contributed by atoms with Gasteiger partial charge < -0.3 is 15.4 Å². The van der Waals surface area contributed by atoms with Gasteiger partial charge in [0.2, 0.25) is 5.91 Å². The molecular weight excluding hydrogens is 466 g/mol. The third-order valence-corrected chi connectivity index (χ3v) is 6.24. The first-order valence-electron chi connectivity index (χ1n) is 12.3. The maximum atomic E-state index is 13.2. The van der Waals surface area contributed by atoms with E-state index in [4.69, 9.17) is 4.74 Å². The Hall–Kier alpha value is -4.27. The molecule has 37 heavy (non-hydrogen) atoms. The maximum absolute atomic E-state index is 13.2. The van der Waals surface area contributed by atoms with Gasteiger partial charge in [0.15, 0.2) is 0 Å². The lowest BCUT2D eigenvalue weighted by molar-refractivity contribution is -0.118. The minimum Gasteiger partial charge on any atom is -0.379 e. The molecule has 1 aromatic heterocycles. The molecule has 4 aromatic rings. The molecule has 1 fully saturated rings. The third kappa shape index (κ3) is 6.49. The topological polar surface area (TPSA) is 88.5 Å². The average Bonchev–Trinajstić information content (AvgIpc) is 3.44. The molecule has 8 heteroatoms. The summed E-state index contributed by atoms with van der Waals surface area (Å²) in [7, 11) is 0. The molecule has 5 rings (SSSR count). The second-order valence-electron chi connectivity index (χ2n) is 8.91. The van der Waals surface area contributed by atoms with Crippen molar-refractivity contribution in [2.24, 2.45) is 0 Å². The summed E-state index contributed by atoms with van der Waals surface area (Å²) in [5.41, 5.74) is 4.88. The van der Waals surface area contributed by atoms with Crippen molar-refractivity contribution in [1.29, 1.82) is 0 Å². The number of anilines is 2. The number of hydrogen-bond acceptors (Lipinski definition) is 5. The van der Waals surface area contributed by atoms with Crippen LogP contribution < -0.4 is 10.6 Å². The molecule has 1 saturated heterocycles. The fourth-order valence-corrected chi connectivity index (χ4v) is 4.30. The second-order valence-corrected chi connectivity index (χ2v) is 8.91. The van der Waals surface area contributed by atoms with Crippen molar-refractivity contribution in [3.63, 3.8) is 0 Å². The molecule has 1 aliphatic rings. The second kappa shape index (κ2) is 11.6. The van der Waals surface area contributed by atoms with Gasteiger partial charge in [0, 0.05) is 42.4 Å². The van der Waals surface area contributed by atoms with Crippen LogP contribution in [0.1, 0.15) is 15.9 Å². The fraction of sp³-hybridized carbons (Fsp3) is 0.207. The Morgan fingerprint density at radius 2 is 1.54 bits per heavy atom. The summed E-state index contributed by atoms with van der Waals surface area (Å²) < 4.78 is 7.19. The standard InChI is InChI=1S/C29H29N5O3/c35-28(21-33-16-18-37-19-17-33)31-24-10-12-25(13-11-24)32-29(36)27-5-2-1-4-26(27)23-8-6-22(7-9-23)20-34-15-3-14-30-34/h1-15H,16-21H2,(H,31,35)(H,32,36). The Kier molecular flexibility index (Phi) is 7.69. The van der Waals surface area contributed by atoms with Crippen LogP contribution >= 0.6 is 0 Å². The number of amides is 2. The molecule has 2 amide bonds. The summed E-state index contributed by atoms with van der Waals surface area (Å²) in [5.74, 6) is -0.261. The SMILES string of the molecule is O=C(CN1CCOCC1)Nc1ccc(NC(=O)c2ccccc2-c2ccc(Cn3cccn3)cc2)cc1. The lowest BCUT2D eigenvalue weighted by Gasteiger charge is -2.25. The number of nitrogens with zero attached hydrogens (tertiary/aromatic N) is 3. The number of aromatic nitrogens is 2. The molecule has 0 bridgehead atoms. The van der Waals surface area contributed by atoms with Crippen LogP contribution in [0.25, 0.3) is 11.1 Å². The number of hydrogen-bond donors (Lipinski definition) is 2. The smallest absolute Gasteiger partial charge is 0.256 e. The quantitative estimate of drug-likeness (QED) is 0.384. The van der Waals surface area contributed by atoms with E-state index in [1.165, 1.54) is 0 Å². The van der Waals surface area contributed by atoms with E-state index in [2.05, 4.69) is 32.8 Å². The van der Waals surface area contributed by atoms with Gasteiger partial charge in [0.1, 0.15) is 0 Å². The number of ether oxygens (including phenoxy) is 1. The number of nitrogens with one attached hydrogen (secondary N) is 2. The molecule has 0 radical (unpaired) electrons. The molecule has 0 atom stereocenters. The molecule has 0 spiro atoms. The maximum Gasteiger partial charge on any atom is 0.256 e. The molecule has 0 aliphatic carbocycles. The van der Waals surface area contributed by atoms with Gasteiger partial charge >= 0.3 is 0 Å². The van der Waals surface area contributed by atoms with E-state index in [0.29, 0.717) is 43.2 Å². The van der Waals surface area contributed by atoms with Crippen LogP contribution in [-0.2, 0) is 16.1 Å². The van der Waals surface area contributed by atoms with Crippen molar-refractivity contribution in [3.05, 3.63) is 102 Å². The van der Waals surface area contributed by atoms with E-state index in [1.807, 2.05) is 53.3 Å². The first kappa shape index (κ1) is 24.4. The summed E-state index contributed by atoms with van der Waals surface area (Å²) in [6.45, 7) is 3.86. The number of carbonyl (C=O) groups excluding carboxylic acids is 2. The Morgan fingerprint density at radius 1 is 0.838 bits per heavy atom. The average molecular weight is 496 g/mol. The Morgan fingerprint density at radius 3 is 2.24 bits per heavy atom. The highest BCUT2D eigenvalue weighted by molar-refractivity contribution is 6.08. The highest BCUT2D eigenvalue weighted by Crippen LogP contribution is 2.25. The van der Waals surface area contributed by atoms with E-state index in [9.17, 15) is 9.59 Å². The van der Waals surface area contributed by atoms with Crippen LogP contribution in [0.5, 0.6) is 0 Å². The van der Waals surface area contributed by atoms with Crippen LogP contribution in [-0.4, -0.2) is 59.3 Å². The minimum atomic E-state index is -0.194. The summed E-state index contributed by atoms with van der Waals surface area (Å²) in [5, 5.41) is 10.1. The van der Waals surface area contributed by atoms with Gasteiger partial charge in [-0.15, -0.1) is 0 Å². The van der Waals surface area contributed by atoms with E-state index in [1.54, 1.807) is 30.5 Å². The molecule has 2 heterocycles. The van der Waals surface area contributed by atoms with E-state index >= 15 is 0 Å². The Balaban J connectivity index is 1.21. The molecule has 1 aliphatic heterocycles. The zero-order valence-electron chi connectivity index (χ0n) is 20.5. The molecule has 188 valence electrons. The largest absolute Gasteiger partial charge is 0.379 e. The summed E-state index contributed by atoms with van der Waals surface area (Å²) >= 11 is 0. The number of carbonyl (C=O) groups is 2. The highest BCUT2D eigenvalue weighted by Gasteiger charge is 2.15. The van der Waals surface area contributed by atoms with Crippen molar-refractivity contribution >= 4 is 23.2 Å². The lowest BCUT2D eigenvalue weighted by atomic mass is 9.98. The number of benzene rings is 3.